The van der Waals surface area contributed by atoms with Gasteiger partial charge in [0.2, 0.25) is 0 Å². The number of nitriles is 1. The molecule has 0 amide bonds. The molecule has 0 N–H and O–H groups in total. The number of esters is 1. The number of pyridine rings is 1. The molecule has 0 aliphatic rings. The summed E-state index contributed by atoms with van der Waals surface area (Å²) in [6.45, 7) is 1.64. The van der Waals surface area contributed by atoms with Crippen LogP contribution in [0.5, 0.6) is 11.5 Å². The van der Waals surface area contributed by atoms with Crippen LogP contribution in [0.25, 0.3) is 5.69 Å². The van der Waals surface area contributed by atoms with Crippen LogP contribution in [0.4, 0.5) is 0 Å². The van der Waals surface area contributed by atoms with Gasteiger partial charge in [-0.15, -0.1) is 0 Å². The first-order valence-corrected chi connectivity index (χ1v) is 9.55. The number of benzene rings is 2. The Kier molecular flexibility index (Phi) is 5.72. The van der Waals surface area contributed by atoms with Crippen molar-refractivity contribution < 1.29 is 14.3 Å². The van der Waals surface area contributed by atoms with Gasteiger partial charge in [-0.2, -0.15) is 10.4 Å². The summed E-state index contributed by atoms with van der Waals surface area (Å²) < 4.78 is 13.0. The van der Waals surface area contributed by atoms with Crippen molar-refractivity contribution in [1.82, 2.24) is 14.8 Å². The van der Waals surface area contributed by atoms with E-state index in [4.69, 9.17) is 9.47 Å². The van der Waals surface area contributed by atoms with Gasteiger partial charge in [0.15, 0.2) is 0 Å². The summed E-state index contributed by atoms with van der Waals surface area (Å²) >= 11 is 0. The zero-order valence-electron chi connectivity index (χ0n) is 16.7. The molecule has 2 heterocycles. The minimum absolute atomic E-state index is 0.112. The molecule has 2 aromatic carbocycles. The molecule has 4 aromatic rings. The molecule has 2 aromatic heterocycles. The number of ether oxygens (including phenoxy) is 2. The van der Waals surface area contributed by atoms with E-state index in [0.29, 0.717) is 28.5 Å². The highest BCUT2D eigenvalue weighted by Crippen LogP contribution is 2.26. The van der Waals surface area contributed by atoms with E-state index < -0.39 is 5.97 Å². The largest absolute Gasteiger partial charge is 0.455 e. The SMILES string of the molecule is Cc1nn(-c2ccccc2)c(COC(=O)c2ccccc2Oc2cccnc2)c1C#N. The molecule has 0 fully saturated rings. The van der Waals surface area contributed by atoms with Crippen molar-refractivity contribution in [3.63, 3.8) is 0 Å². The molecule has 0 radical (unpaired) electrons. The Morgan fingerprint density at radius 3 is 2.58 bits per heavy atom. The van der Waals surface area contributed by atoms with Crippen LogP contribution in [0.2, 0.25) is 0 Å². The summed E-state index contributed by atoms with van der Waals surface area (Å²) in [5.74, 6) is 0.294. The Bertz CT molecular complexity index is 1250. The fraction of sp³-hybridized carbons (Fsp3) is 0.0833. The molecule has 0 saturated carbocycles. The number of hydrogen-bond acceptors (Lipinski definition) is 6. The minimum atomic E-state index is -0.568. The number of aromatic nitrogens is 3. The Labute approximate surface area is 179 Å². The molecular weight excluding hydrogens is 392 g/mol. The Morgan fingerprint density at radius 1 is 1.06 bits per heavy atom. The molecule has 4 rings (SSSR count). The molecule has 152 valence electrons. The number of carbonyl (C=O) groups excluding carboxylic acids is 1. The summed E-state index contributed by atoms with van der Waals surface area (Å²) in [6.07, 6.45) is 3.19. The lowest BCUT2D eigenvalue weighted by Gasteiger charge is -2.12. The molecule has 0 aliphatic carbocycles. The summed E-state index contributed by atoms with van der Waals surface area (Å²) in [7, 11) is 0. The number of carbonyl (C=O) groups is 1. The Balaban J connectivity index is 1.59. The zero-order chi connectivity index (χ0) is 21.6. The lowest BCUT2D eigenvalue weighted by atomic mass is 10.2. The average Bonchev–Trinajstić information content (AvgIpc) is 3.14. The standard InChI is InChI=1S/C24H18N4O3/c1-17-21(14-25)22(28(27-17)18-8-3-2-4-9-18)16-30-24(29)20-11-5-6-12-23(20)31-19-10-7-13-26-15-19/h2-13,15H,16H2,1H3. The van der Waals surface area contributed by atoms with Gasteiger partial charge in [0.25, 0.3) is 0 Å². The van der Waals surface area contributed by atoms with Crippen molar-refractivity contribution in [2.45, 2.75) is 13.5 Å². The monoisotopic (exact) mass is 410 g/mol. The number of rotatable bonds is 6. The second-order valence-corrected chi connectivity index (χ2v) is 6.63. The maximum atomic E-state index is 12.9. The van der Waals surface area contributed by atoms with Gasteiger partial charge >= 0.3 is 5.97 Å². The van der Waals surface area contributed by atoms with Crippen molar-refractivity contribution in [2.75, 3.05) is 0 Å². The van der Waals surface area contributed by atoms with Gasteiger partial charge in [0.1, 0.15) is 35.3 Å². The number of para-hydroxylation sites is 2. The fourth-order valence-corrected chi connectivity index (χ4v) is 3.11. The summed E-state index contributed by atoms with van der Waals surface area (Å²) in [4.78, 5) is 16.9. The number of hydrogen-bond donors (Lipinski definition) is 0. The lowest BCUT2D eigenvalue weighted by molar-refractivity contribution is 0.0462. The lowest BCUT2D eigenvalue weighted by Crippen LogP contribution is -2.11. The molecular formula is C24H18N4O3. The molecule has 0 unspecified atom stereocenters. The predicted octanol–water partition coefficient (Wildman–Crippen LogP) is 4.60. The zero-order valence-corrected chi connectivity index (χ0v) is 16.7. The number of nitrogens with zero attached hydrogens (tertiary/aromatic N) is 4. The van der Waals surface area contributed by atoms with E-state index in [9.17, 15) is 10.1 Å². The third-order valence-electron chi connectivity index (χ3n) is 4.58. The van der Waals surface area contributed by atoms with E-state index in [-0.39, 0.29) is 12.2 Å². The van der Waals surface area contributed by atoms with Gasteiger partial charge < -0.3 is 9.47 Å². The number of aryl methyl sites for hydroxylation is 1. The average molecular weight is 410 g/mol. The maximum absolute atomic E-state index is 12.9. The van der Waals surface area contributed by atoms with Crippen molar-refractivity contribution in [1.29, 1.82) is 5.26 Å². The van der Waals surface area contributed by atoms with Gasteiger partial charge in [0, 0.05) is 6.20 Å². The van der Waals surface area contributed by atoms with Crippen LogP contribution in [0.3, 0.4) is 0 Å². The van der Waals surface area contributed by atoms with E-state index in [1.54, 1.807) is 60.4 Å². The van der Waals surface area contributed by atoms with Crippen molar-refractivity contribution in [2.24, 2.45) is 0 Å². The second-order valence-electron chi connectivity index (χ2n) is 6.63. The fourth-order valence-electron chi connectivity index (χ4n) is 3.11. The molecule has 0 bridgehead atoms. The van der Waals surface area contributed by atoms with Gasteiger partial charge in [0.05, 0.1) is 23.3 Å². The normalized spacial score (nSPS) is 10.3. The first-order chi connectivity index (χ1) is 15.2. The van der Waals surface area contributed by atoms with Crippen LogP contribution in [0.1, 0.15) is 27.3 Å². The highest BCUT2D eigenvalue weighted by molar-refractivity contribution is 5.92. The Hall–Kier alpha value is -4.44. The van der Waals surface area contributed by atoms with Crippen LogP contribution >= 0.6 is 0 Å². The highest BCUT2D eigenvalue weighted by atomic mass is 16.5. The third-order valence-corrected chi connectivity index (χ3v) is 4.58. The molecule has 7 nitrogen and oxygen atoms in total. The van der Waals surface area contributed by atoms with Crippen LogP contribution < -0.4 is 4.74 Å². The highest BCUT2D eigenvalue weighted by Gasteiger charge is 2.20. The van der Waals surface area contributed by atoms with Crippen LogP contribution in [-0.2, 0) is 11.3 Å². The molecule has 0 saturated heterocycles. The van der Waals surface area contributed by atoms with Crippen molar-refractivity contribution >= 4 is 5.97 Å². The quantitative estimate of drug-likeness (QED) is 0.432. The first-order valence-electron chi connectivity index (χ1n) is 9.55. The smallest absolute Gasteiger partial charge is 0.342 e. The van der Waals surface area contributed by atoms with Gasteiger partial charge in [-0.05, 0) is 43.3 Å². The van der Waals surface area contributed by atoms with Crippen LogP contribution in [0.15, 0.2) is 79.1 Å². The summed E-state index contributed by atoms with van der Waals surface area (Å²) in [6, 6.07) is 21.8. The predicted molar refractivity (Wildman–Crippen MR) is 113 cm³/mol. The van der Waals surface area contributed by atoms with E-state index >= 15 is 0 Å². The summed E-state index contributed by atoms with van der Waals surface area (Å²) in [5, 5.41) is 14.0. The second kappa shape index (κ2) is 8.93. The van der Waals surface area contributed by atoms with Crippen molar-refractivity contribution in [3.8, 4) is 23.3 Å². The molecule has 0 atom stereocenters. The van der Waals surface area contributed by atoms with Crippen LogP contribution in [0, 0.1) is 18.3 Å². The minimum Gasteiger partial charge on any atom is -0.455 e. The third kappa shape index (κ3) is 4.28. The molecule has 0 aliphatic heterocycles. The van der Waals surface area contributed by atoms with E-state index in [1.165, 1.54) is 0 Å². The van der Waals surface area contributed by atoms with E-state index in [1.807, 2.05) is 30.3 Å². The van der Waals surface area contributed by atoms with E-state index in [2.05, 4.69) is 16.2 Å². The molecule has 31 heavy (non-hydrogen) atoms. The van der Waals surface area contributed by atoms with Crippen LogP contribution in [-0.4, -0.2) is 20.7 Å². The van der Waals surface area contributed by atoms with Gasteiger partial charge in [-0.25, -0.2) is 9.48 Å². The maximum Gasteiger partial charge on any atom is 0.342 e. The first kappa shape index (κ1) is 19.9. The van der Waals surface area contributed by atoms with Gasteiger partial charge in [-0.3, -0.25) is 4.98 Å². The van der Waals surface area contributed by atoms with E-state index in [0.717, 1.165) is 5.69 Å². The summed E-state index contributed by atoms with van der Waals surface area (Å²) in [5.41, 5.74) is 2.50. The molecule has 0 spiro atoms. The topological polar surface area (TPSA) is 90.0 Å². The van der Waals surface area contributed by atoms with Crippen molar-refractivity contribution in [3.05, 3.63) is 102 Å². The van der Waals surface area contributed by atoms with Gasteiger partial charge in [-0.1, -0.05) is 30.3 Å². The Morgan fingerprint density at radius 2 is 1.84 bits per heavy atom. The molecule has 7 heteroatoms.